The van der Waals surface area contributed by atoms with Crippen molar-refractivity contribution in [1.29, 1.82) is 0 Å². The smallest absolute Gasteiger partial charge is 0.203 e. The zero-order chi connectivity index (χ0) is 11.5. The summed E-state index contributed by atoms with van der Waals surface area (Å²) in [6, 6.07) is 1.92. The van der Waals surface area contributed by atoms with Gasteiger partial charge in [-0.05, 0) is 12.5 Å². The lowest BCUT2D eigenvalue weighted by Gasteiger charge is -2.19. The zero-order valence-corrected chi connectivity index (χ0v) is 10.5. The molecule has 1 heterocycles. The summed E-state index contributed by atoms with van der Waals surface area (Å²) >= 11 is 0. The number of ether oxygens (including phenoxy) is 2. The topological polar surface area (TPSA) is 40.0 Å². The van der Waals surface area contributed by atoms with Crippen LogP contribution in [-0.4, -0.2) is 27.0 Å². The predicted octanol–water partition coefficient (Wildman–Crippen LogP) is 1.85. The molecule has 5 heteroatoms. The van der Waals surface area contributed by atoms with Gasteiger partial charge in [-0.25, -0.2) is 0 Å². The van der Waals surface area contributed by atoms with Crippen molar-refractivity contribution in [2.75, 3.05) is 20.8 Å². The van der Waals surface area contributed by atoms with Crippen LogP contribution in [0.25, 0.3) is 0 Å². The van der Waals surface area contributed by atoms with Crippen LogP contribution in [0, 0.1) is 0 Å². The Morgan fingerprint density at radius 3 is 2.69 bits per heavy atom. The quantitative estimate of drug-likeness (QED) is 0.756. The largest absolute Gasteiger partial charge is 0.493 e. The van der Waals surface area contributed by atoms with Crippen molar-refractivity contribution in [2.45, 2.75) is 6.42 Å². The minimum atomic E-state index is 0.631. The molecule has 1 atom stereocenters. The predicted molar refractivity (Wildman–Crippen MR) is 66.0 cm³/mol. The van der Waals surface area contributed by atoms with Gasteiger partial charge in [-0.3, -0.25) is 4.99 Å². The highest BCUT2D eigenvalue weighted by Crippen LogP contribution is 2.43. The van der Waals surface area contributed by atoms with Crippen LogP contribution in [0.5, 0.6) is 17.2 Å². The summed E-state index contributed by atoms with van der Waals surface area (Å²) in [5.74, 6) is 2.01. The van der Waals surface area contributed by atoms with E-state index in [4.69, 9.17) is 14.0 Å². The SMILES string of the molecule is COc1cc2c(c(OP)c1OC)CCN=C2. The first-order valence-electron chi connectivity index (χ1n) is 4.96. The first kappa shape index (κ1) is 11.2. The van der Waals surface area contributed by atoms with Crippen LogP contribution in [0.1, 0.15) is 11.1 Å². The van der Waals surface area contributed by atoms with E-state index in [9.17, 15) is 0 Å². The van der Waals surface area contributed by atoms with Crippen molar-refractivity contribution < 1.29 is 14.0 Å². The van der Waals surface area contributed by atoms with Gasteiger partial charge in [-0.2, -0.15) is 0 Å². The fourth-order valence-electron chi connectivity index (χ4n) is 1.86. The van der Waals surface area contributed by atoms with Gasteiger partial charge in [0, 0.05) is 23.9 Å². The third-order valence-corrected chi connectivity index (χ3v) is 2.84. The maximum Gasteiger partial charge on any atom is 0.203 e. The van der Waals surface area contributed by atoms with Gasteiger partial charge in [0.05, 0.1) is 23.7 Å². The number of hydrogen-bond donors (Lipinski definition) is 0. The number of rotatable bonds is 3. The lowest BCUT2D eigenvalue weighted by atomic mass is 10.0. The van der Waals surface area contributed by atoms with E-state index in [1.54, 1.807) is 14.2 Å². The third kappa shape index (κ3) is 1.74. The maximum absolute atomic E-state index is 5.33. The minimum Gasteiger partial charge on any atom is -0.493 e. The third-order valence-electron chi connectivity index (χ3n) is 2.60. The molecule has 4 nitrogen and oxygen atoms in total. The molecule has 0 N–H and O–H groups in total. The molecule has 0 fully saturated rings. The molecule has 0 spiro atoms. The van der Waals surface area contributed by atoms with Crippen molar-refractivity contribution >= 4 is 15.7 Å². The van der Waals surface area contributed by atoms with Gasteiger partial charge in [-0.15, -0.1) is 0 Å². The summed E-state index contributed by atoms with van der Waals surface area (Å²) in [7, 11) is 5.46. The average Bonchev–Trinajstić information content (AvgIpc) is 2.36. The van der Waals surface area contributed by atoms with E-state index in [0.717, 1.165) is 24.1 Å². The second-order valence-corrected chi connectivity index (χ2v) is 3.65. The molecule has 86 valence electrons. The standard InChI is InChI=1S/C11H14NO3P/c1-13-9-5-7-6-12-4-3-8(7)10(15-16)11(9)14-2/h5-6H,3-4,16H2,1-2H3. The minimum absolute atomic E-state index is 0.631. The molecular formula is C11H14NO3P. The highest BCUT2D eigenvalue weighted by Gasteiger charge is 2.20. The van der Waals surface area contributed by atoms with Gasteiger partial charge >= 0.3 is 0 Å². The number of benzene rings is 1. The van der Waals surface area contributed by atoms with Crippen molar-refractivity contribution in [2.24, 2.45) is 4.99 Å². The zero-order valence-electron chi connectivity index (χ0n) is 9.32. The van der Waals surface area contributed by atoms with Crippen LogP contribution in [0.4, 0.5) is 0 Å². The van der Waals surface area contributed by atoms with Crippen LogP contribution in [-0.2, 0) is 6.42 Å². The molecule has 1 aliphatic heterocycles. The molecule has 0 saturated heterocycles. The normalized spacial score (nSPS) is 13.2. The van der Waals surface area contributed by atoms with Gasteiger partial charge < -0.3 is 14.0 Å². The van der Waals surface area contributed by atoms with Crippen molar-refractivity contribution in [3.63, 3.8) is 0 Å². The van der Waals surface area contributed by atoms with Crippen LogP contribution >= 0.6 is 9.47 Å². The van der Waals surface area contributed by atoms with Crippen molar-refractivity contribution in [1.82, 2.24) is 0 Å². The number of fused-ring (bicyclic) bond motifs is 1. The van der Waals surface area contributed by atoms with Gasteiger partial charge in [0.15, 0.2) is 11.5 Å². The Kier molecular flexibility index (Phi) is 3.30. The monoisotopic (exact) mass is 239 g/mol. The molecule has 1 aliphatic rings. The van der Waals surface area contributed by atoms with E-state index < -0.39 is 0 Å². The summed E-state index contributed by atoms with van der Waals surface area (Å²) in [5, 5.41) is 0. The molecule has 0 bridgehead atoms. The van der Waals surface area contributed by atoms with Crippen LogP contribution < -0.4 is 14.0 Å². The lowest BCUT2D eigenvalue weighted by Crippen LogP contribution is -2.06. The first-order valence-corrected chi connectivity index (χ1v) is 5.43. The van der Waals surface area contributed by atoms with Crippen LogP contribution in [0.15, 0.2) is 11.1 Å². The molecule has 0 amide bonds. The summed E-state index contributed by atoms with van der Waals surface area (Å²) in [4.78, 5) is 4.24. The Balaban J connectivity index is 2.65. The van der Waals surface area contributed by atoms with Crippen molar-refractivity contribution in [3.8, 4) is 17.2 Å². The molecule has 0 saturated carbocycles. The van der Waals surface area contributed by atoms with E-state index in [-0.39, 0.29) is 0 Å². The molecule has 0 aliphatic carbocycles. The Bertz CT molecular complexity index is 432. The fourth-order valence-corrected chi connectivity index (χ4v) is 2.11. The Hall–Kier alpha value is -1.28. The summed E-state index contributed by atoms with van der Waals surface area (Å²) in [5.41, 5.74) is 2.14. The van der Waals surface area contributed by atoms with Gasteiger partial charge in [0.1, 0.15) is 0 Å². The summed E-state index contributed by atoms with van der Waals surface area (Å²) in [6.45, 7) is 0.781. The Morgan fingerprint density at radius 1 is 1.25 bits per heavy atom. The molecule has 1 unspecified atom stereocenters. The highest BCUT2D eigenvalue weighted by atomic mass is 31.0. The highest BCUT2D eigenvalue weighted by molar-refractivity contribution is 7.10. The maximum atomic E-state index is 5.33. The molecule has 1 aromatic carbocycles. The number of aliphatic imine (C=N–C) groups is 1. The average molecular weight is 239 g/mol. The number of hydrogen-bond acceptors (Lipinski definition) is 4. The van der Waals surface area contributed by atoms with Gasteiger partial charge in [0.25, 0.3) is 0 Å². The lowest BCUT2D eigenvalue weighted by molar-refractivity contribution is 0.345. The summed E-state index contributed by atoms with van der Waals surface area (Å²) in [6.07, 6.45) is 2.70. The molecule has 0 aromatic heterocycles. The molecule has 0 radical (unpaired) electrons. The Labute approximate surface area is 96.9 Å². The van der Waals surface area contributed by atoms with Crippen LogP contribution in [0.3, 0.4) is 0 Å². The first-order chi connectivity index (χ1) is 7.81. The van der Waals surface area contributed by atoms with Crippen molar-refractivity contribution in [3.05, 3.63) is 17.2 Å². The van der Waals surface area contributed by atoms with Gasteiger partial charge in [-0.1, -0.05) is 0 Å². The molecule has 16 heavy (non-hydrogen) atoms. The fraction of sp³-hybridized carbons (Fsp3) is 0.364. The van der Waals surface area contributed by atoms with Gasteiger partial charge in [0.2, 0.25) is 5.75 Å². The van der Waals surface area contributed by atoms with Crippen LogP contribution in [0.2, 0.25) is 0 Å². The van der Waals surface area contributed by atoms with E-state index >= 15 is 0 Å². The van der Waals surface area contributed by atoms with E-state index in [2.05, 4.69) is 14.5 Å². The molecular weight excluding hydrogens is 225 g/mol. The van der Waals surface area contributed by atoms with E-state index in [1.165, 1.54) is 0 Å². The Morgan fingerprint density at radius 2 is 2.06 bits per heavy atom. The van der Waals surface area contributed by atoms with E-state index in [1.807, 2.05) is 12.3 Å². The second kappa shape index (κ2) is 4.71. The molecule has 2 rings (SSSR count). The van der Waals surface area contributed by atoms with E-state index in [0.29, 0.717) is 17.2 Å². The molecule has 1 aromatic rings. The number of nitrogens with zero attached hydrogens (tertiary/aromatic N) is 1. The second-order valence-electron chi connectivity index (χ2n) is 3.41. The number of methoxy groups -OCH3 is 2. The summed E-state index contributed by atoms with van der Waals surface area (Å²) < 4.78 is 15.9.